The Labute approximate surface area is 162 Å². The summed E-state index contributed by atoms with van der Waals surface area (Å²) in [5.41, 5.74) is 1.34. The fourth-order valence-corrected chi connectivity index (χ4v) is 2.57. The molecule has 0 atom stereocenters. The number of hydrogen-bond acceptors (Lipinski definition) is 6. The molecular formula is C20H22N4O4. The first-order valence-electron chi connectivity index (χ1n) is 8.84. The topological polar surface area (TPSA) is 94.6 Å². The zero-order valence-corrected chi connectivity index (χ0v) is 16.0. The third-order valence-corrected chi connectivity index (χ3v) is 3.97. The molecule has 0 fully saturated rings. The molecule has 1 heterocycles. The lowest BCUT2D eigenvalue weighted by Crippen LogP contribution is -2.29. The van der Waals surface area contributed by atoms with Gasteiger partial charge in [0.05, 0.1) is 25.1 Å². The maximum absolute atomic E-state index is 11.7. The number of ether oxygens (including phenoxy) is 3. The summed E-state index contributed by atoms with van der Waals surface area (Å²) in [6.45, 7) is 2.62. The molecule has 3 aromatic rings. The molecule has 3 rings (SSSR count). The highest BCUT2D eigenvalue weighted by Gasteiger charge is 2.12. The molecule has 8 nitrogen and oxygen atoms in total. The number of amides is 2. The van der Waals surface area contributed by atoms with E-state index in [1.165, 1.54) is 6.33 Å². The first-order valence-corrected chi connectivity index (χ1v) is 8.84. The van der Waals surface area contributed by atoms with Crippen molar-refractivity contribution in [3.8, 4) is 23.1 Å². The zero-order valence-electron chi connectivity index (χ0n) is 16.0. The highest BCUT2D eigenvalue weighted by molar-refractivity contribution is 5.89. The number of benzene rings is 2. The molecule has 0 saturated heterocycles. The zero-order chi connectivity index (χ0) is 19.9. The maximum atomic E-state index is 11.7. The largest absolute Gasteiger partial charge is 0.493 e. The van der Waals surface area contributed by atoms with Gasteiger partial charge in [0.2, 0.25) is 5.88 Å². The summed E-state index contributed by atoms with van der Waals surface area (Å²) >= 11 is 0. The van der Waals surface area contributed by atoms with Crippen molar-refractivity contribution in [1.29, 1.82) is 0 Å². The monoisotopic (exact) mass is 382 g/mol. The predicted octanol–water partition coefficient (Wildman–Crippen LogP) is 3.97. The van der Waals surface area contributed by atoms with Crippen LogP contribution in [0.2, 0.25) is 0 Å². The van der Waals surface area contributed by atoms with Crippen molar-refractivity contribution < 1.29 is 19.0 Å². The number of aromatic nitrogens is 2. The molecule has 2 amide bonds. The van der Waals surface area contributed by atoms with Crippen LogP contribution >= 0.6 is 0 Å². The molecule has 2 aromatic carbocycles. The number of carbonyl (C=O) groups excluding carboxylic acids is 1. The Morgan fingerprint density at radius 1 is 1.04 bits per heavy atom. The summed E-state index contributed by atoms with van der Waals surface area (Å²) in [6.07, 6.45) is 2.31. The van der Waals surface area contributed by atoms with E-state index in [0.29, 0.717) is 46.3 Å². The second-order valence-corrected chi connectivity index (χ2v) is 5.91. The van der Waals surface area contributed by atoms with Crippen LogP contribution in [0.4, 0.5) is 10.5 Å². The van der Waals surface area contributed by atoms with E-state index in [0.717, 1.165) is 6.42 Å². The van der Waals surface area contributed by atoms with Crippen molar-refractivity contribution in [2.75, 3.05) is 26.1 Å². The third kappa shape index (κ3) is 4.40. The Bertz CT molecular complexity index is 960. The van der Waals surface area contributed by atoms with Gasteiger partial charge in [-0.25, -0.2) is 14.8 Å². The van der Waals surface area contributed by atoms with Crippen molar-refractivity contribution in [3.63, 3.8) is 0 Å². The molecule has 1 aromatic heterocycles. The Morgan fingerprint density at radius 2 is 1.75 bits per heavy atom. The van der Waals surface area contributed by atoms with Crippen LogP contribution in [0.25, 0.3) is 10.9 Å². The number of urea groups is 1. The Morgan fingerprint density at radius 3 is 2.43 bits per heavy atom. The second kappa shape index (κ2) is 8.90. The second-order valence-electron chi connectivity index (χ2n) is 5.91. The summed E-state index contributed by atoms with van der Waals surface area (Å²) in [4.78, 5) is 20.2. The Balaban J connectivity index is 1.80. The van der Waals surface area contributed by atoms with Crippen LogP contribution in [-0.4, -0.2) is 36.8 Å². The summed E-state index contributed by atoms with van der Waals surface area (Å²) < 4.78 is 16.6. The quantitative estimate of drug-likeness (QED) is 0.642. The summed E-state index contributed by atoms with van der Waals surface area (Å²) in [5, 5.41) is 6.21. The van der Waals surface area contributed by atoms with E-state index in [2.05, 4.69) is 20.6 Å². The molecule has 28 heavy (non-hydrogen) atoms. The minimum Gasteiger partial charge on any atom is -0.493 e. The Hall–Kier alpha value is -3.55. The number of rotatable bonds is 7. The molecule has 8 heteroatoms. The van der Waals surface area contributed by atoms with Gasteiger partial charge < -0.3 is 24.8 Å². The normalized spacial score (nSPS) is 10.4. The fourth-order valence-electron chi connectivity index (χ4n) is 2.57. The van der Waals surface area contributed by atoms with E-state index in [1.807, 2.05) is 6.92 Å². The van der Waals surface area contributed by atoms with Gasteiger partial charge >= 0.3 is 6.03 Å². The number of anilines is 1. The van der Waals surface area contributed by atoms with E-state index in [1.54, 1.807) is 50.6 Å². The molecule has 0 spiro atoms. The van der Waals surface area contributed by atoms with Gasteiger partial charge in [0.25, 0.3) is 0 Å². The number of methoxy groups -OCH3 is 2. The lowest BCUT2D eigenvalue weighted by molar-refractivity contribution is 0.252. The van der Waals surface area contributed by atoms with E-state index in [9.17, 15) is 4.79 Å². The van der Waals surface area contributed by atoms with Gasteiger partial charge in [-0.3, -0.25) is 0 Å². The highest BCUT2D eigenvalue weighted by atomic mass is 16.5. The summed E-state index contributed by atoms with van der Waals surface area (Å²) in [7, 11) is 3.14. The Kier molecular flexibility index (Phi) is 6.11. The molecule has 0 saturated carbocycles. The van der Waals surface area contributed by atoms with E-state index in [-0.39, 0.29) is 6.03 Å². The van der Waals surface area contributed by atoms with Crippen LogP contribution in [0.5, 0.6) is 23.1 Å². The first kappa shape index (κ1) is 19.2. The minimum absolute atomic E-state index is 0.238. The SMILES string of the molecule is CCCNC(=O)Nc1ccc(Oc2ncnc3cc(OC)c(OC)cc23)cc1. The van der Waals surface area contributed by atoms with Gasteiger partial charge in [-0.05, 0) is 36.8 Å². The van der Waals surface area contributed by atoms with E-state index < -0.39 is 0 Å². The lowest BCUT2D eigenvalue weighted by Gasteiger charge is -2.12. The molecule has 0 aliphatic rings. The van der Waals surface area contributed by atoms with Crippen LogP contribution in [0.1, 0.15) is 13.3 Å². The van der Waals surface area contributed by atoms with Gasteiger partial charge in [-0.2, -0.15) is 0 Å². The number of nitrogens with one attached hydrogen (secondary N) is 2. The van der Waals surface area contributed by atoms with Crippen LogP contribution in [0, 0.1) is 0 Å². The smallest absolute Gasteiger partial charge is 0.319 e. The van der Waals surface area contributed by atoms with E-state index in [4.69, 9.17) is 14.2 Å². The van der Waals surface area contributed by atoms with Gasteiger partial charge in [-0.15, -0.1) is 0 Å². The van der Waals surface area contributed by atoms with Crippen LogP contribution < -0.4 is 24.8 Å². The average molecular weight is 382 g/mol. The summed E-state index contributed by atoms with van der Waals surface area (Å²) in [6, 6.07) is 10.3. The van der Waals surface area contributed by atoms with Gasteiger partial charge in [-0.1, -0.05) is 6.92 Å². The van der Waals surface area contributed by atoms with E-state index >= 15 is 0 Å². The molecule has 0 unspecified atom stereocenters. The molecular weight excluding hydrogens is 360 g/mol. The molecule has 0 aliphatic carbocycles. The predicted molar refractivity (Wildman–Crippen MR) is 106 cm³/mol. The van der Waals surface area contributed by atoms with Crippen molar-refractivity contribution in [2.24, 2.45) is 0 Å². The van der Waals surface area contributed by atoms with Crippen molar-refractivity contribution >= 4 is 22.6 Å². The van der Waals surface area contributed by atoms with Crippen LogP contribution in [-0.2, 0) is 0 Å². The number of nitrogens with zero attached hydrogens (tertiary/aromatic N) is 2. The molecule has 2 N–H and O–H groups in total. The number of fused-ring (bicyclic) bond motifs is 1. The third-order valence-electron chi connectivity index (χ3n) is 3.97. The first-order chi connectivity index (χ1) is 13.6. The van der Waals surface area contributed by atoms with Crippen LogP contribution in [0.15, 0.2) is 42.7 Å². The number of carbonyl (C=O) groups is 1. The van der Waals surface area contributed by atoms with Gasteiger partial charge in [0.15, 0.2) is 11.5 Å². The number of hydrogen-bond donors (Lipinski definition) is 2. The van der Waals surface area contributed by atoms with Crippen molar-refractivity contribution in [3.05, 3.63) is 42.7 Å². The van der Waals surface area contributed by atoms with Crippen molar-refractivity contribution in [1.82, 2.24) is 15.3 Å². The molecule has 0 aliphatic heterocycles. The lowest BCUT2D eigenvalue weighted by atomic mass is 10.2. The molecule has 146 valence electrons. The highest BCUT2D eigenvalue weighted by Crippen LogP contribution is 2.35. The summed E-state index contributed by atoms with van der Waals surface area (Å²) in [5.74, 6) is 2.12. The minimum atomic E-state index is -0.238. The maximum Gasteiger partial charge on any atom is 0.319 e. The van der Waals surface area contributed by atoms with Crippen molar-refractivity contribution in [2.45, 2.75) is 13.3 Å². The average Bonchev–Trinajstić information content (AvgIpc) is 2.72. The van der Waals surface area contributed by atoms with Crippen LogP contribution in [0.3, 0.4) is 0 Å². The molecule has 0 radical (unpaired) electrons. The standard InChI is InChI=1S/C20H22N4O4/c1-4-9-21-20(25)24-13-5-7-14(8-6-13)28-19-15-10-17(26-2)18(27-3)11-16(15)22-12-23-19/h5-8,10-12H,4,9H2,1-3H3,(H2,21,24,25). The van der Waals surface area contributed by atoms with Gasteiger partial charge in [0, 0.05) is 18.3 Å². The molecule has 0 bridgehead atoms. The van der Waals surface area contributed by atoms with Gasteiger partial charge in [0.1, 0.15) is 12.1 Å². The fraction of sp³-hybridized carbons (Fsp3) is 0.250.